The summed E-state index contributed by atoms with van der Waals surface area (Å²) < 4.78 is 3.06. The number of hydrogen-bond acceptors (Lipinski definition) is 2. The molecule has 0 N–H and O–H groups in total. The van der Waals surface area contributed by atoms with Gasteiger partial charge in [-0.3, -0.25) is 13.9 Å². The van der Waals surface area contributed by atoms with E-state index in [2.05, 4.69) is 0 Å². The first kappa shape index (κ1) is 16.2. The van der Waals surface area contributed by atoms with Crippen molar-refractivity contribution in [1.29, 1.82) is 0 Å². The molecule has 0 atom stereocenters. The molecule has 0 spiro atoms. The van der Waals surface area contributed by atoms with E-state index in [0.29, 0.717) is 24.0 Å². The van der Waals surface area contributed by atoms with Crippen molar-refractivity contribution in [3.63, 3.8) is 0 Å². The van der Waals surface area contributed by atoms with Gasteiger partial charge < -0.3 is 0 Å². The van der Waals surface area contributed by atoms with Crippen molar-refractivity contribution in [3.8, 4) is 0 Å². The molecule has 1 aromatic heterocycles. The highest BCUT2D eigenvalue weighted by Crippen LogP contribution is 2.11. The maximum atomic E-state index is 12.9. The number of rotatable bonds is 4. The number of para-hydroxylation sites is 1. The Labute approximate surface area is 141 Å². The molecule has 3 rings (SSSR count). The van der Waals surface area contributed by atoms with E-state index >= 15 is 0 Å². The van der Waals surface area contributed by atoms with Crippen molar-refractivity contribution >= 4 is 10.9 Å². The zero-order valence-corrected chi connectivity index (χ0v) is 14.3. The van der Waals surface area contributed by atoms with Gasteiger partial charge in [-0.2, -0.15) is 0 Å². The molecule has 4 nitrogen and oxygen atoms in total. The van der Waals surface area contributed by atoms with Crippen molar-refractivity contribution < 1.29 is 0 Å². The second kappa shape index (κ2) is 6.48. The Morgan fingerprint density at radius 2 is 1.58 bits per heavy atom. The second-order valence-electron chi connectivity index (χ2n) is 6.68. The summed E-state index contributed by atoms with van der Waals surface area (Å²) in [5, 5.41) is 0.588. The van der Waals surface area contributed by atoms with Crippen LogP contribution < -0.4 is 11.2 Å². The Morgan fingerprint density at radius 1 is 0.917 bits per heavy atom. The van der Waals surface area contributed by atoms with Gasteiger partial charge in [0.2, 0.25) is 0 Å². The van der Waals surface area contributed by atoms with E-state index in [1.807, 2.05) is 63.2 Å². The third kappa shape index (κ3) is 3.04. The molecule has 0 aliphatic carbocycles. The van der Waals surface area contributed by atoms with Crippen LogP contribution in [0, 0.1) is 12.8 Å². The van der Waals surface area contributed by atoms with Crippen molar-refractivity contribution in [3.05, 3.63) is 80.5 Å². The van der Waals surface area contributed by atoms with Gasteiger partial charge in [0.05, 0.1) is 17.4 Å². The topological polar surface area (TPSA) is 44.0 Å². The van der Waals surface area contributed by atoms with Crippen LogP contribution in [0.3, 0.4) is 0 Å². The average Bonchev–Trinajstić information content (AvgIpc) is 2.57. The van der Waals surface area contributed by atoms with Crippen LogP contribution in [-0.2, 0) is 13.1 Å². The number of aryl methyl sites for hydroxylation is 1. The number of nitrogens with zero attached hydrogens (tertiary/aromatic N) is 2. The smallest absolute Gasteiger partial charge is 0.289 e. The minimum absolute atomic E-state index is 0.204. The molecule has 0 aliphatic rings. The highest BCUT2D eigenvalue weighted by Gasteiger charge is 2.13. The van der Waals surface area contributed by atoms with Gasteiger partial charge >= 0.3 is 5.69 Å². The van der Waals surface area contributed by atoms with Crippen molar-refractivity contribution in [2.24, 2.45) is 5.92 Å². The molecule has 0 saturated carbocycles. The van der Waals surface area contributed by atoms with Gasteiger partial charge in [-0.25, -0.2) is 4.79 Å². The van der Waals surface area contributed by atoms with E-state index in [-0.39, 0.29) is 17.2 Å². The molecule has 0 fully saturated rings. The molecular formula is C20H22N2O2. The highest BCUT2D eigenvalue weighted by molar-refractivity contribution is 5.77. The summed E-state index contributed by atoms with van der Waals surface area (Å²) in [6, 6.07) is 15.4. The number of benzene rings is 2. The third-order valence-corrected chi connectivity index (χ3v) is 4.14. The van der Waals surface area contributed by atoms with Crippen molar-refractivity contribution in [1.82, 2.24) is 9.13 Å². The molecule has 0 amide bonds. The van der Waals surface area contributed by atoms with Crippen molar-refractivity contribution in [2.45, 2.75) is 33.9 Å². The quantitative estimate of drug-likeness (QED) is 0.740. The van der Waals surface area contributed by atoms with Crippen LogP contribution in [0.5, 0.6) is 0 Å². The predicted octanol–water partition coefficient (Wildman–Crippen LogP) is 3.18. The van der Waals surface area contributed by atoms with Crippen LogP contribution >= 0.6 is 0 Å². The summed E-state index contributed by atoms with van der Waals surface area (Å²) in [7, 11) is 0. The maximum absolute atomic E-state index is 12.9. The lowest BCUT2D eigenvalue weighted by Gasteiger charge is -2.15. The molecule has 0 aliphatic heterocycles. The molecular weight excluding hydrogens is 300 g/mol. The Hall–Kier alpha value is -2.62. The number of hydrogen-bond donors (Lipinski definition) is 0. The fourth-order valence-electron chi connectivity index (χ4n) is 2.93. The largest absolute Gasteiger partial charge is 0.331 e. The van der Waals surface area contributed by atoms with E-state index in [0.717, 1.165) is 5.56 Å². The summed E-state index contributed by atoms with van der Waals surface area (Å²) in [5.41, 5.74) is 2.47. The monoisotopic (exact) mass is 322 g/mol. The molecule has 24 heavy (non-hydrogen) atoms. The first-order chi connectivity index (χ1) is 11.5. The lowest BCUT2D eigenvalue weighted by atomic mass is 10.1. The molecule has 0 saturated heterocycles. The van der Waals surface area contributed by atoms with E-state index in [9.17, 15) is 9.59 Å². The van der Waals surface area contributed by atoms with Gasteiger partial charge in [0.25, 0.3) is 5.56 Å². The lowest BCUT2D eigenvalue weighted by Crippen LogP contribution is -2.41. The fourth-order valence-corrected chi connectivity index (χ4v) is 2.93. The molecule has 3 aromatic rings. The standard InChI is InChI=1S/C20H22N2O2/c1-14(2)12-22-19(23)17-6-4-5-7-18(17)21(20(22)24)13-16-10-8-15(3)9-11-16/h4-11,14H,12-13H2,1-3H3. The van der Waals surface area contributed by atoms with E-state index in [1.54, 1.807) is 10.6 Å². The zero-order chi connectivity index (χ0) is 17.3. The second-order valence-corrected chi connectivity index (χ2v) is 6.68. The van der Waals surface area contributed by atoms with E-state index in [1.165, 1.54) is 10.1 Å². The minimum atomic E-state index is -0.243. The Kier molecular flexibility index (Phi) is 4.38. The summed E-state index contributed by atoms with van der Waals surface area (Å²) in [6.07, 6.45) is 0. The van der Waals surface area contributed by atoms with Gasteiger partial charge in [-0.05, 0) is 30.5 Å². The summed E-state index contributed by atoms with van der Waals surface area (Å²) in [6.45, 7) is 6.93. The Bertz CT molecular complexity index is 979. The van der Waals surface area contributed by atoms with E-state index < -0.39 is 0 Å². The highest BCUT2D eigenvalue weighted by atomic mass is 16.2. The van der Waals surface area contributed by atoms with Crippen LogP contribution in [0.4, 0.5) is 0 Å². The van der Waals surface area contributed by atoms with Crippen LogP contribution in [0.15, 0.2) is 58.1 Å². The molecule has 124 valence electrons. The average molecular weight is 322 g/mol. The van der Waals surface area contributed by atoms with Crippen LogP contribution in [0.25, 0.3) is 10.9 Å². The summed E-state index contributed by atoms with van der Waals surface area (Å²) >= 11 is 0. The number of aromatic nitrogens is 2. The first-order valence-electron chi connectivity index (χ1n) is 8.25. The SMILES string of the molecule is Cc1ccc(Cn2c(=O)n(CC(C)C)c(=O)c3ccccc32)cc1. The van der Waals surface area contributed by atoms with Crippen molar-refractivity contribution in [2.75, 3.05) is 0 Å². The third-order valence-electron chi connectivity index (χ3n) is 4.14. The normalized spacial score (nSPS) is 11.3. The van der Waals surface area contributed by atoms with Gasteiger partial charge in [0.1, 0.15) is 0 Å². The van der Waals surface area contributed by atoms with Gasteiger partial charge in [-0.1, -0.05) is 55.8 Å². The van der Waals surface area contributed by atoms with Crippen LogP contribution in [0.1, 0.15) is 25.0 Å². The van der Waals surface area contributed by atoms with Crippen LogP contribution in [0.2, 0.25) is 0 Å². The van der Waals surface area contributed by atoms with Crippen LogP contribution in [-0.4, -0.2) is 9.13 Å². The van der Waals surface area contributed by atoms with Gasteiger partial charge in [0.15, 0.2) is 0 Å². The zero-order valence-electron chi connectivity index (χ0n) is 14.3. The molecule has 0 unspecified atom stereocenters. The van der Waals surface area contributed by atoms with Gasteiger partial charge in [0, 0.05) is 6.54 Å². The molecule has 0 radical (unpaired) electrons. The predicted molar refractivity (Wildman–Crippen MR) is 97.6 cm³/mol. The first-order valence-corrected chi connectivity index (χ1v) is 8.25. The van der Waals surface area contributed by atoms with E-state index in [4.69, 9.17) is 0 Å². The summed E-state index contributed by atoms with van der Waals surface area (Å²) in [5.74, 6) is 0.226. The Balaban J connectivity index is 2.23. The molecule has 2 aromatic carbocycles. The molecule has 0 bridgehead atoms. The molecule has 4 heteroatoms. The molecule has 1 heterocycles. The Morgan fingerprint density at radius 3 is 2.25 bits per heavy atom. The van der Waals surface area contributed by atoms with Gasteiger partial charge in [-0.15, -0.1) is 0 Å². The fraction of sp³-hybridized carbons (Fsp3) is 0.300. The number of fused-ring (bicyclic) bond motifs is 1. The lowest BCUT2D eigenvalue weighted by molar-refractivity contribution is 0.481. The summed E-state index contributed by atoms with van der Waals surface area (Å²) in [4.78, 5) is 25.6. The minimum Gasteiger partial charge on any atom is -0.289 e. The maximum Gasteiger partial charge on any atom is 0.331 e.